The third kappa shape index (κ3) is 2.83. The SMILES string of the molecule is N#Cc1cc(F)cc(Oc2ccc(-c3ccn[nH]3)c3c2CC(F)(F)C3=O)c1. The van der Waals surface area contributed by atoms with Crippen LogP contribution in [0.5, 0.6) is 11.5 Å². The number of aromatic amines is 1. The molecule has 134 valence electrons. The standard InChI is InChI=1S/C19H10F3N3O2/c20-11-5-10(9-23)6-12(7-11)27-16-2-1-13(15-3-4-24-25-15)17-14(16)8-19(21,22)18(17)26/h1-7H,8H2,(H,24,25). The summed E-state index contributed by atoms with van der Waals surface area (Å²) in [5, 5.41) is 15.4. The Balaban J connectivity index is 1.84. The highest BCUT2D eigenvalue weighted by Crippen LogP contribution is 2.44. The summed E-state index contributed by atoms with van der Waals surface area (Å²) in [4.78, 5) is 12.3. The molecule has 0 fully saturated rings. The Kier molecular flexibility index (Phi) is 3.73. The molecule has 2 aromatic carbocycles. The topological polar surface area (TPSA) is 78.8 Å². The molecule has 0 saturated carbocycles. The van der Waals surface area contributed by atoms with Crippen LogP contribution < -0.4 is 4.74 Å². The van der Waals surface area contributed by atoms with E-state index in [0.29, 0.717) is 5.69 Å². The van der Waals surface area contributed by atoms with Crippen molar-refractivity contribution in [1.82, 2.24) is 10.2 Å². The maximum atomic E-state index is 14.1. The van der Waals surface area contributed by atoms with Crippen molar-refractivity contribution in [1.29, 1.82) is 5.26 Å². The zero-order valence-corrected chi connectivity index (χ0v) is 13.6. The molecule has 5 nitrogen and oxygen atoms in total. The molecule has 1 N–H and O–H groups in total. The Hall–Kier alpha value is -3.60. The van der Waals surface area contributed by atoms with Crippen LogP contribution in [0.15, 0.2) is 42.6 Å². The molecule has 1 aromatic heterocycles. The van der Waals surface area contributed by atoms with Crippen molar-refractivity contribution in [3.05, 3.63) is 65.1 Å². The quantitative estimate of drug-likeness (QED) is 0.748. The minimum Gasteiger partial charge on any atom is -0.457 e. The lowest BCUT2D eigenvalue weighted by molar-refractivity contribution is 0.0167. The Morgan fingerprint density at radius 3 is 2.74 bits per heavy atom. The molecule has 3 aromatic rings. The number of hydrogen-bond acceptors (Lipinski definition) is 4. The number of nitrogens with zero attached hydrogens (tertiary/aromatic N) is 2. The number of carbonyl (C=O) groups is 1. The van der Waals surface area contributed by atoms with Crippen molar-refractivity contribution >= 4 is 5.78 Å². The molecule has 27 heavy (non-hydrogen) atoms. The second-order valence-corrected chi connectivity index (χ2v) is 6.03. The molecule has 0 amide bonds. The lowest BCUT2D eigenvalue weighted by Crippen LogP contribution is -2.24. The number of H-pyrrole nitrogens is 1. The molecule has 0 atom stereocenters. The van der Waals surface area contributed by atoms with Gasteiger partial charge in [-0.3, -0.25) is 9.89 Å². The van der Waals surface area contributed by atoms with E-state index in [2.05, 4.69) is 10.2 Å². The van der Waals surface area contributed by atoms with Crippen LogP contribution in [-0.2, 0) is 6.42 Å². The van der Waals surface area contributed by atoms with E-state index in [1.807, 2.05) is 0 Å². The van der Waals surface area contributed by atoms with Crippen LogP contribution in [0.2, 0.25) is 0 Å². The molecule has 8 heteroatoms. The minimum atomic E-state index is -3.56. The number of aromatic nitrogens is 2. The molecule has 1 aliphatic rings. The van der Waals surface area contributed by atoms with Crippen LogP contribution in [0.1, 0.15) is 21.5 Å². The van der Waals surface area contributed by atoms with Gasteiger partial charge in [-0.25, -0.2) is 4.39 Å². The Labute approximate surface area is 151 Å². The van der Waals surface area contributed by atoms with Crippen LogP contribution in [0.3, 0.4) is 0 Å². The molecule has 0 bridgehead atoms. The summed E-state index contributed by atoms with van der Waals surface area (Å²) in [6.07, 6.45) is 0.624. The molecular weight excluding hydrogens is 359 g/mol. The number of hydrogen-bond donors (Lipinski definition) is 1. The van der Waals surface area contributed by atoms with E-state index in [1.54, 1.807) is 12.1 Å². The number of Topliss-reactive ketones (excluding diaryl/α,β-unsaturated/α-hetero) is 1. The number of ketones is 1. The maximum Gasteiger partial charge on any atom is 0.313 e. The summed E-state index contributed by atoms with van der Waals surface area (Å²) >= 11 is 0. The van der Waals surface area contributed by atoms with Gasteiger partial charge in [0.2, 0.25) is 5.78 Å². The number of nitrogens with one attached hydrogen (secondary N) is 1. The normalized spacial score (nSPS) is 14.7. The van der Waals surface area contributed by atoms with E-state index < -0.39 is 23.9 Å². The fraction of sp³-hybridized carbons (Fsp3) is 0.105. The molecule has 1 heterocycles. The first-order valence-electron chi connectivity index (χ1n) is 7.86. The summed E-state index contributed by atoms with van der Waals surface area (Å²) in [5.41, 5.74) is 0.603. The van der Waals surface area contributed by atoms with Gasteiger partial charge in [0.05, 0.1) is 17.3 Å². The largest absolute Gasteiger partial charge is 0.457 e. The van der Waals surface area contributed by atoms with Crippen molar-refractivity contribution in [2.75, 3.05) is 0 Å². The first kappa shape index (κ1) is 16.8. The summed E-state index contributed by atoms with van der Waals surface area (Å²) in [6, 6.07) is 9.59. The smallest absolute Gasteiger partial charge is 0.313 e. The van der Waals surface area contributed by atoms with Gasteiger partial charge in [0, 0.05) is 35.4 Å². The second kappa shape index (κ2) is 5.99. The second-order valence-electron chi connectivity index (χ2n) is 6.03. The predicted octanol–water partition coefficient (Wildman–Crippen LogP) is 4.25. The predicted molar refractivity (Wildman–Crippen MR) is 88.2 cm³/mol. The van der Waals surface area contributed by atoms with Gasteiger partial charge < -0.3 is 4.74 Å². The van der Waals surface area contributed by atoms with E-state index in [0.717, 1.165) is 12.1 Å². The van der Waals surface area contributed by atoms with Gasteiger partial charge in [-0.1, -0.05) is 0 Å². The van der Waals surface area contributed by atoms with E-state index >= 15 is 0 Å². The van der Waals surface area contributed by atoms with Gasteiger partial charge >= 0.3 is 5.92 Å². The van der Waals surface area contributed by atoms with Crippen molar-refractivity contribution in [3.63, 3.8) is 0 Å². The Bertz CT molecular complexity index is 1100. The van der Waals surface area contributed by atoms with Crippen molar-refractivity contribution in [2.45, 2.75) is 12.3 Å². The highest BCUT2D eigenvalue weighted by Gasteiger charge is 2.49. The molecule has 0 spiro atoms. The average Bonchev–Trinajstić information content (AvgIpc) is 3.23. The Morgan fingerprint density at radius 2 is 2.04 bits per heavy atom. The van der Waals surface area contributed by atoms with Crippen LogP contribution in [-0.4, -0.2) is 21.9 Å². The third-order valence-corrected chi connectivity index (χ3v) is 4.25. The number of alkyl halides is 2. The number of ether oxygens (including phenoxy) is 1. The lowest BCUT2D eigenvalue weighted by Gasteiger charge is -2.12. The Morgan fingerprint density at radius 1 is 1.22 bits per heavy atom. The first-order chi connectivity index (χ1) is 12.9. The number of halogens is 3. The van der Waals surface area contributed by atoms with E-state index in [1.165, 1.54) is 24.4 Å². The summed E-state index contributed by atoms with van der Waals surface area (Å²) < 4.78 is 47.4. The van der Waals surface area contributed by atoms with Crippen molar-refractivity contribution in [2.24, 2.45) is 0 Å². The number of nitriles is 1. The zero-order chi connectivity index (χ0) is 19.2. The number of rotatable bonds is 3. The third-order valence-electron chi connectivity index (χ3n) is 4.25. The fourth-order valence-electron chi connectivity index (χ4n) is 3.09. The van der Waals surface area contributed by atoms with Gasteiger partial charge in [-0.2, -0.15) is 19.1 Å². The van der Waals surface area contributed by atoms with E-state index in [4.69, 9.17) is 10.00 Å². The molecule has 4 rings (SSSR count). The van der Waals surface area contributed by atoms with Crippen LogP contribution >= 0.6 is 0 Å². The first-order valence-corrected chi connectivity index (χ1v) is 7.86. The van der Waals surface area contributed by atoms with Crippen molar-refractivity contribution in [3.8, 4) is 28.8 Å². The molecule has 0 aliphatic heterocycles. The minimum absolute atomic E-state index is 0.00767. The molecule has 1 aliphatic carbocycles. The number of carbonyl (C=O) groups excluding carboxylic acids is 1. The molecule has 0 unspecified atom stereocenters. The van der Waals surface area contributed by atoms with Gasteiger partial charge in [0.15, 0.2) is 0 Å². The van der Waals surface area contributed by atoms with Gasteiger partial charge in [-0.15, -0.1) is 0 Å². The highest BCUT2D eigenvalue weighted by molar-refractivity contribution is 6.11. The van der Waals surface area contributed by atoms with Crippen molar-refractivity contribution < 1.29 is 22.7 Å². The average molecular weight is 369 g/mol. The number of benzene rings is 2. The molecule has 0 saturated heterocycles. The monoisotopic (exact) mass is 369 g/mol. The van der Waals surface area contributed by atoms with E-state index in [-0.39, 0.29) is 33.8 Å². The van der Waals surface area contributed by atoms with Gasteiger partial charge in [-0.05, 0) is 30.3 Å². The zero-order valence-electron chi connectivity index (χ0n) is 13.6. The summed E-state index contributed by atoms with van der Waals surface area (Å²) in [7, 11) is 0. The summed E-state index contributed by atoms with van der Waals surface area (Å²) in [6.45, 7) is 0. The fourth-order valence-corrected chi connectivity index (χ4v) is 3.09. The van der Waals surface area contributed by atoms with E-state index in [9.17, 15) is 18.0 Å². The number of fused-ring (bicyclic) bond motifs is 1. The molecular formula is C19H10F3N3O2. The lowest BCUT2D eigenvalue weighted by atomic mass is 9.99. The van der Waals surface area contributed by atoms with Gasteiger partial charge in [0.25, 0.3) is 0 Å². The summed E-state index contributed by atoms with van der Waals surface area (Å²) in [5.74, 6) is -5.57. The maximum absolute atomic E-state index is 14.1. The van der Waals surface area contributed by atoms with Gasteiger partial charge in [0.1, 0.15) is 17.3 Å². The van der Waals surface area contributed by atoms with Crippen LogP contribution in [0.4, 0.5) is 13.2 Å². The van der Waals surface area contributed by atoms with Crippen LogP contribution in [0.25, 0.3) is 11.3 Å². The highest BCUT2D eigenvalue weighted by atomic mass is 19.3. The molecule has 0 radical (unpaired) electrons. The van der Waals surface area contributed by atoms with Crippen LogP contribution in [0, 0.1) is 17.1 Å².